The van der Waals surface area contributed by atoms with E-state index in [9.17, 15) is 0 Å². The van der Waals surface area contributed by atoms with E-state index < -0.39 is 0 Å². The second-order valence-electron chi connectivity index (χ2n) is 6.93. The lowest BCUT2D eigenvalue weighted by atomic mass is 9.72. The van der Waals surface area contributed by atoms with Gasteiger partial charge in [-0.2, -0.15) is 0 Å². The molecule has 0 aromatic heterocycles. The maximum atomic E-state index is 5.80. The molecule has 1 saturated heterocycles. The second-order valence-corrected chi connectivity index (χ2v) is 6.93. The van der Waals surface area contributed by atoms with Gasteiger partial charge in [-0.1, -0.05) is 39.5 Å². The Morgan fingerprint density at radius 2 is 1.62 bits per heavy atom. The van der Waals surface area contributed by atoms with Crippen molar-refractivity contribution in [3.63, 3.8) is 0 Å². The van der Waals surface area contributed by atoms with Crippen molar-refractivity contribution in [3.8, 4) is 0 Å². The number of nitrogens with two attached hydrogens (primary N) is 1. The van der Waals surface area contributed by atoms with Crippen LogP contribution in [0, 0.1) is 10.8 Å². The van der Waals surface area contributed by atoms with E-state index in [0.29, 0.717) is 10.8 Å². The first kappa shape index (κ1) is 12.4. The van der Waals surface area contributed by atoms with Gasteiger partial charge in [-0.15, -0.1) is 0 Å². The molecule has 0 atom stereocenters. The van der Waals surface area contributed by atoms with Gasteiger partial charge in [-0.05, 0) is 30.2 Å². The van der Waals surface area contributed by atoms with Gasteiger partial charge in [0.2, 0.25) is 0 Å². The molecule has 0 unspecified atom stereocenters. The average molecular weight is 224 g/mol. The molecule has 1 aliphatic heterocycles. The first-order valence-electron chi connectivity index (χ1n) is 6.98. The van der Waals surface area contributed by atoms with Gasteiger partial charge >= 0.3 is 0 Å². The van der Waals surface area contributed by atoms with Gasteiger partial charge in [0, 0.05) is 19.6 Å². The van der Waals surface area contributed by atoms with Crippen LogP contribution in [0.25, 0.3) is 0 Å². The van der Waals surface area contributed by atoms with E-state index in [2.05, 4.69) is 18.7 Å². The topological polar surface area (TPSA) is 29.3 Å². The number of nitrogens with zero attached hydrogens (tertiary/aromatic N) is 1. The number of likely N-dealkylation sites (tertiary alicyclic amines) is 1. The summed E-state index contributed by atoms with van der Waals surface area (Å²) in [4.78, 5) is 2.62. The van der Waals surface area contributed by atoms with Crippen LogP contribution in [0.3, 0.4) is 0 Å². The monoisotopic (exact) mass is 224 g/mol. The Labute approximate surface area is 101 Å². The largest absolute Gasteiger partial charge is 0.330 e. The maximum absolute atomic E-state index is 5.80. The van der Waals surface area contributed by atoms with Crippen molar-refractivity contribution < 1.29 is 0 Å². The number of hydrogen-bond acceptors (Lipinski definition) is 2. The van der Waals surface area contributed by atoms with Crippen LogP contribution in [-0.4, -0.2) is 31.1 Å². The van der Waals surface area contributed by atoms with Gasteiger partial charge in [0.15, 0.2) is 0 Å². The molecular formula is C14H28N2. The maximum Gasteiger partial charge on any atom is 0.00507 e. The van der Waals surface area contributed by atoms with E-state index in [1.54, 1.807) is 0 Å². The number of hydrogen-bond donors (Lipinski definition) is 1. The van der Waals surface area contributed by atoms with Crippen molar-refractivity contribution in [3.05, 3.63) is 0 Å². The Hall–Kier alpha value is -0.0800. The van der Waals surface area contributed by atoms with Crippen LogP contribution in [0.2, 0.25) is 0 Å². The van der Waals surface area contributed by atoms with Crippen molar-refractivity contribution in [2.24, 2.45) is 16.6 Å². The summed E-state index contributed by atoms with van der Waals surface area (Å²) in [6.07, 6.45) is 8.83. The molecule has 2 N–H and O–H groups in total. The first-order valence-corrected chi connectivity index (χ1v) is 6.98. The van der Waals surface area contributed by atoms with Crippen molar-refractivity contribution in [2.45, 2.75) is 52.4 Å². The van der Waals surface area contributed by atoms with Crippen molar-refractivity contribution in [1.29, 1.82) is 0 Å². The molecule has 0 aromatic rings. The molecule has 1 spiro atoms. The Morgan fingerprint density at radius 3 is 2.12 bits per heavy atom. The normalized spacial score (nSPS) is 26.4. The molecule has 1 heterocycles. The molecule has 0 aromatic carbocycles. The summed E-state index contributed by atoms with van der Waals surface area (Å²) in [6, 6.07) is 0. The van der Waals surface area contributed by atoms with Crippen LogP contribution in [0.15, 0.2) is 0 Å². The highest BCUT2D eigenvalue weighted by atomic mass is 15.2. The fourth-order valence-corrected chi connectivity index (χ4v) is 3.48. The van der Waals surface area contributed by atoms with Crippen LogP contribution in [0.4, 0.5) is 0 Å². The zero-order valence-electron chi connectivity index (χ0n) is 11.1. The van der Waals surface area contributed by atoms with Crippen LogP contribution in [0.5, 0.6) is 0 Å². The van der Waals surface area contributed by atoms with Crippen LogP contribution in [-0.2, 0) is 0 Å². The van der Waals surface area contributed by atoms with E-state index in [-0.39, 0.29) is 0 Å². The third-order valence-corrected chi connectivity index (χ3v) is 4.49. The van der Waals surface area contributed by atoms with Gasteiger partial charge in [0.05, 0.1) is 0 Å². The minimum absolute atomic E-state index is 0.298. The molecule has 2 nitrogen and oxygen atoms in total. The predicted molar refractivity (Wildman–Crippen MR) is 69.4 cm³/mol. The van der Waals surface area contributed by atoms with Gasteiger partial charge in [-0.25, -0.2) is 0 Å². The SMILES string of the molecule is CC(C)(CN)CN1CC2(CCCCCC2)C1. The summed E-state index contributed by atoms with van der Waals surface area (Å²) in [5.41, 5.74) is 6.81. The van der Waals surface area contributed by atoms with Gasteiger partial charge in [0.25, 0.3) is 0 Å². The minimum Gasteiger partial charge on any atom is -0.330 e. The fraction of sp³-hybridized carbons (Fsp3) is 1.00. The molecule has 0 radical (unpaired) electrons. The second kappa shape index (κ2) is 4.66. The van der Waals surface area contributed by atoms with Gasteiger partial charge < -0.3 is 10.6 Å². The van der Waals surface area contributed by atoms with Crippen LogP contribution < -0.4 is 5.73 Å². The van der Waals surface area contributed by atoms with Crippen molar-refractivity contribution in [1.82, 2.24) is 4.90 Å². The fourth-order valence-electron chi connectivity index (χ4n) is 3.48. The highest BCUT2D eigenvalue weighted by Crippen LogP contribution is 2.43. The first-order chi connectivity index (χ1) is 7.55. The summed E-state index contributed by atoms with van der Waals surface area (Å²) in [7, 11) is 0. The molecule has 1 aliphatic carbocycles. The van der Waals surface area contributed by atoms with E-state index in [1.165, 1.54) is 58.2 Å². The smallest absolute Gasteiger partial charge is 0.00507 e. The highest BCUT2D eigenvalue weighted by Gasteiger charge is 2.43. The quantitative estimate of drug-likeness (QED) is 0.798. The lowest BCUT2D eigenvalue weighted by Gasteiger charge is -2.52. The summed E-state index contributed by atoms with van der Waals surface area (Å²) >= 11 is 0. The van der Waals surface area contributed by atoms with Crippen LogP contribution >= 0.6 is 0 Å². The summed E-state index contributed by atoms with van der Waals surface area (Å²) in [5.74, 6) is 0. The van der Waals surface area contributed by atoms with E-state index >= 15 is 0 Å². The van der Waals surface area contributed by atoms with E-state index in [0.717, 1.165) is 6.54 Å². The van der Waals surface area contributed by atoms with Gasteiger partial charge in [-0.3, -0.25) is 0 Å². The molecular weight excluding hydrogens is 196 g/mol. The third-order valence-electron chi connectivity index (χ3n) is 4.49. The Balaban J connectivity index is 1.79. The molecule has 0 bridgehead atoms. The van der Waals surface area contributed by atoms with E-state index in [4.69, 9.17) is 5.73 Å². The zero-order valence-corrected chi connectivity index (χ0v) is 11.1. The predicted octanol–water partition coefficient (Wildman–Crippen LogP) is 2.63. The lowest BCUT2D eigenvalue weighted by molar-refractivity contribution is -0.0314. The average Bonchev–Trinajstić information content (AvgIpc) is 2.42. The van der Waals surface area contributed by atoms with E-state index in [1.807, 2.05) is 0 Å². The minimum atomic E-state index is 0.298. The summed E-state index contributed by atoms with van der Waals surface area (Å²) < 4.78 is 0. The highest BCUT2D eigenvalue weighted by molar-refractivity contribution is 4.97. The Morgan fingerprint density at radius 1 is 1.06 bits per heavy atom. The van der Waals surface area contributed by atoms with Crippen LogP contribution in [0.1, 0.15) is 52.4 Å². The molecule has 2 fully saturated rings. The molecule has 94 valence electrons. The molecule has 2 rings (SSSR count). The molecule has 0 amide bonds. The number of rotatable bonds is 3. The third kappa shape index (κ3) is 2.78. The Kier molecular flexibility index (Phi) is 3.60. The summed E-state index contributed by atoms with van der Waals surface area (Å²) in [5, 5.41) is 0. The lowest BCUT2D eigenvalue weighted by Crippen LogP contribution is -2.58. The summed E-state index contributed by atoms with van der Waals surface area (Å²) in [6.45, 7) is 9.24. The molecule has 16 heavy (non-hydrogen) atoms. The van der Waals surface area contributed by atoms with Crippen molar-refractivity contribution in [2.75, 3.05) is 26.2 Å². The zero-order chi connectivity index (χ0) is 11.6. The molecule has 2 aliphatic rings. The van der Waals surface area contributed by atoms with Crippen molar-refractivity contribution >= 4 is 0 Å². The van der Waals surface area contributed by atoms with Gasteiger partial charge in [0.1, 0.15) is 0 Å². The molecule has 1 saturated carbocycles. The standard InChI is InChI=1S/C14H28N2/c1-13(2,9-15)10-16-11-14(12-16)7-5-3-4-6-8-14/h3-12,15H2,1-2H3. The molecule has 2 heteroatoms. The Bertz CT molecular complexity index is 219.